The number of piperidine rings is 1. The molecule has 1 heterocycles. The van der Waals surface area contributed by atoms with Gasteiger partial charge >= 0.3 is 0 Å². The Morgan fingerprint density at radius 3 is 2.58 bits per heavy atom. The minimum Gasteiger partial charge on any atom is -0.395 e. The molecule has 0 aromatic heterocycles. The highest BCUT2D eigenvalue weighted by molar-refractivity contribution is 4.70. The minimum absolute atomic E-state index is 0.166. The third-order valence-corrected chi connectivity index (χ3v) is 1.90. The van der Waals surface area contributed by atoms with E-state index >= 15 is 0 Å². The highest BCUT2D eigenvalue weighted by atomic mass is 16.3. The van der Waals surface area contributed by atoms with Gasteiger partial charge in [0.05, 0.1) is 12.7 Å². The number of hydrogen-bond donors (Lipinski definition) is 2. The zero-order valence-corrected chi connectivity index (χ0v) is 8.16. The first-order valence-electron chi connectivity index (χ1n) is 4.84. The van der Waals surface area contributed by atoms with Crippen molar-refractivity contribution in [3.8, 4) is 0 Å². The summed E-state index contributed by atoms with van der Waals surface area (Å²) in [7, 11) is 0. The molecule has 0 aliphatic carbocycles. The molecule has 0 bridgehead atoms. The SMILES string of the molecule is CC.OCCN1CCCC(O)C1. The Morgan fingerprint density at radius 2 is 2.08 bits per heavy atom. The van der Waals surface area contributed by atoms with Crippen molar-refractivity contribution in [3.05, 3.63) is 0 Å². The number of rotatable bonds is 2. The van der Waals surface area contributed by atoms with Crippen LogP contribution in [0.2, 0.25) is 0 Å². The fourth-order valence-electron chi connectivity index (χ4n) is 1.38. The number of likely N-dealkylation sites (tertiary alicyclic amines) is 1. The molecule has 1 atom stereocenters. The molecule has 0 radical (unpaired) electrons. The molecule has 2 N–H and O–H groups in total. The van der Waals surface area contributed by atoms with E-state index in [1.54, 1.807) is 0 Å². The van der Waals surface area contributed by atoms with E-state index in [-0.39, 0.29) is 12.7 Å². The normalized spacial score (nSPS) is 24.5. The topological polar surface area (TPSA) is 43.7 Å². The molecular weight excluding hydrogens is 154 g/mol. The van der Waals surface area contributed by atoms with Crippen molar-refractivity contribution in [2.24, 2.45) is 0 Å². The molecule has 1 saturated heterocycles. The van der Waals surface area contributed by atoms with E-state index < -0.39 is 0 Å². The number of aliphatic hydroxyl groups excluding tert-OH is 2. The van der Waals surface area contributed by atoms with E-state index in [9.17, 15) is 5.11 Å². The summed E-state index contributed by atoms with van der Waals surface area (Å²) in [5.41, 5.74) is 0. The van der Waals surface area contributed by atoms with Crippen molar-refractivity contribution in [2.45, 2.75) is 32.8 Å². The fourth-order valence-corrected chi connectivity index (χ4v) is 1.38. The lowest BCUT2D eigenvalue weighted by Crippen LogP contribution is -2.39. The number of β-amino-alcohol motifs (C(OH)–C–C–N with tert-alkyl or cyclic N) is 2. The highest BCUT2D eigenvalue weighted by Crippen LogP contribution is 2.08. The van der Waals surface area contributed by atoms with E-state index in [1.807, 2.05) is 13.8 Å². The summed E-state index contributed by atoms with van der Waals surface area (Å²) in [6.07, 6.45) is 1.81. The predicted octanol–water partition coefficient (Wildman–Crippen LogP) is 0.462. The van der Waals surface area contributed by atoms with Gasteiger partial charge in [0.2, 0.25) is 0 Å². The molecule has 1 rings (SSSR count). The first kappa shape index (κ1) is 11.9. The van der Waals surface area contributed by atoms with Crippen LogP contribution in [0.3, 0.4) is 0 Å². The zero-order valence-electron chi connectivity index (χ0n) is 8.16. The predicted molar refractivity (Wildman–Crippen MR) is 50.1 cm³/mol. The van der Waals surface area contributed by atoms with Crippen LogP contribution >= 0.6 is 0 Å². The van der Waals surface area contributed by atoms with Crippen LogP contribution in [0, 0.1) is 0 Å². The average molecular weight is 175 g/mol. The summed E-state index contributed by atoms with van der Waals surface area (Å²) in [6.45, 7) is 6.67. The van der Waals surface area contributed by atoms with Gasteiger partial charge in [-0.2, -0.15) is 0 Å². The van der Waals surface area contributed by atoms with Crippen molar-refractivity contribution >= 4 is 0 Å². The largest absolute Gasteiger partial charge is 0.395 e. The Hall–Kier alpha value is -0.120. The molecule has 12 heavy (non-hydrogen) atoms. The maximum absolute atomic E-state index is 9.18. The van der Waals surface area contributed by atoms with Crippen LogP contribution in [0.25, 0.3) is 0 Å². The third-order valence-electron chi connectivity index (χ3n) is 1.90. The molecule has 0 spiro atoms. The summed E-state index contributed by atoms with van der Waals surface area (Å²) in [4.78, 5) is 2.09. The molecule has 3 heteroatoms. The van der Waals surface area contributed by atoms with E-state index in [0.717, 1.165) is 25.9 Å². The lowest BCUT2D eigenvalue weighted by molar-refractivity contribution is 0.0612. The fraction of sp³-hybridized carbons (Fsp3) is 1.00. The van der Waals surface area contributed by atoms with Crippen LogP contribution in [0.1, 0.15) is 26.7 Å². The first-order chi connectivity index (χ1) is 5.83. The van der Waals surface area contributed by atoms with Crippen LogP contribution in [0.15, 0.2) is 0 Å². The van der Waals surface area contributed by atoms with Gasteiger partial charge in [-0.15, -0.1) is 0 Å². The molecule has 3 nitrogen and oxygen atoms in total. The van der Waals surface area contributed by atoms with E-state index in [4.69, 9.17) is 5.11 Å². The second kappa shape index (κ2) is 7.53. The summed E-state index contributed by atoms with van der Waals surface area (Å²) >= 11 is 0. The monoisotopic (exact) mass is 175 g/mol. The number of hydrogen-bond acceptors (Lipinski definition) is 3. The van der Waals surface area contributed by atoms with Gasteiger partial charge in [-0.1, -0.05) is 13.8 Å². The van der Waals surface area contributed by atoms with Gasteiger partial charge in [-0.05, 0) is 19.4 Å². The Labute approximate surface area is 75.0 Å². The van der Waals surface area contributed by atoms with Crippen LogP contribution in [0.5, 0.6) is 0 Å². The van der Waals surface area contributed by atoms with Crippen molar-refractivity contribution in [1.29, 1.82) is 0 Å². The molecule has 1 unspecified atom stereocenters. The standard InChI is InChI=1S/C7H15NO2.C2H6/c9-5-4-8-3-1-2-7(10)6-8;1-2/h7,9-10H,1-6H2;1-2H3. The average Bonchev–Trinajstić information content (AvgIpc) is 2.09. The minimum atomic E-state index is -0.166. The van der Waals surface area contributed by atoms with Crippen LogP contribution in [0.4, 0.5) is 0 Å². The Balaban J connectivity index is 0.000000561. The number of aliphatic hydroxyl groups is 2. The second-order valence-electron chi connectivity index (χ2n) is 2.82. The summed E-state index contributed by atoms with van der Waals surface area (Å²) in [5, 5.41) is 17.8. The maximum atomic E-state index is 9.18. The van der Waals surface area contributed by atoms with Gasteiger partial charge in [0.1, 0.15) is 0 Å². The van der Waals surface area contributed by atoms with Gasteiger partial charge < -0.3 is 10.2 Å². The van der Waals surface area contributed by atoms with Crippen LogP contribution in [-0.2, 0) is 0 Å². The molecule has 0 aromatic carbocycles. The summed E-state index contributed by atoms with van der Waals surface area (Å²) in [6, 6.07) is 0. The first-order valence-corrected chi connectivity index (χ1v) is 4.84. The van der Waals surface area contributed by atoms with Crippen molar-refractivity contribution in [1.82, 2.24) is 4.90 Å². The van der Waals surface area contributed by atoms with Crippen molar-refractivity contribution in [2.75, 3.05) is 26.2 Å². The van der Waals surface area contributed by atoms with Gasteiger partial charge in [0, 0.05) is 13.1 Å². The summed E-state index contributed by atoms with van der Waals surface area (Å²) < 4.78 is 0. The van der Waals surface area contributed by atoms with E-state index in [0.29, 0.717) is 6.54 Å². The smallest absolute Gasteiger partial charge is 0.0667 e. The van der Waals surface area contributed by atoms with Crippen molar-refractivity contribution < 1.29 is 10.2 Å². The van der Waals surface area contributed by atoms with Gasteiger partial charge in [0.15, 0.2) is 0 Å². The Bertz CT molecular complexity index is 96.5. The van der Waals surface area contributed by atoms with Crippen LogP contribution < -0.4 is 0 Å². The quantitative estimate of drug-likeness (QED) is 0.641. The molecule has 74 valence electrons. The number of nitrogens with zero attached hydrogens (tertiary/aromatic N) is 1. The Kier molecular flexibility index (Phi) is 7.45. The zero-order chi connectivity index (χ0) is 9.40. The van der Waals surface area contributed by atoms with Gasteiger partial charge in [-0.3, -0.25) is 4.90 Å². The van der Waals surface area contributed by atoms with Gasteiger partial charge in [0.25, 0.3) is 0 Å². The Morgan fingerprint density at radius 1 is 1.42 bits per heavy atom. The van der Waals surface area contributed by atoms with Gasteiger partial charge in [-0.25, -0.2) is 0 Å². The summed E-state index contributed by atoms with van der Waals surface area (Å²) in [5.74, 6) is 0. The second-order valence-corrected chi connectivity index (χ2v) is 2.82. The van der Waals surface area contributed by atoms with E-state index in [2.05, 4.69) is 4.90 Å². The molecule has 0 aromatic rings. The molecule has 1 aliphatic rings. The molecule has 1 fully saturated rings. The molecule has 0 amide bonds. The third kappa shape index (κ3) is 4.70. The molecule has 1 aliphatic heterocycles. The molecular formula is C9H21NO2. The van der Waals surface area contributed by atoms with E-state index in [1.165, 1.54) is 0 Å². The lowest BCUT2D eigenvalue weighted by Gasteiger charge is -2.29. The van der Waals surface area contributed by atoms with Crippen LogP contribution in [-0.4, -0.2) is 47.5 Å². The van der Waals surface area contributed by atoms with Crippen molar-refractivity contribution in [3.63, 3.8) is 0 Å². The molecule has 0 saturated carbocycles. The highest BCUT2D eigenvalue weighted by Gasteiger charge is 2.16. The maximum Gasteiger partial charge on any atom is 0.0667 e. The lowest BCUT2D eigenvalue weighted by atomic mass is 10.1.